The molecule has 1 aliphatic carbocycles. The summed E-state index contributed by atoms with van der Waals surface area (Å²) in [4.78, 5) is 24.6. The highest BCUT2D eigenvalue weighted by Crippen LogP contribution is 2.39. The third-order valence-electron chi connectivity index (χ3n) is 5.41. The average Bonchev–Trinajstić information content (AvgIpc) is 3.02. The van der Waals surface area contributed by atoms with Crippen molar-refractivity contribution in [1.82, 2.24) is 14.9 Å². The Morgan fingerprint density at radius 3 is 2.42 bits per heavy atom. The number of methoxy groups -OCH3 is 2. The van der Waals surface area contributed by atoms with Gasteiger partial charge in [0.15, 0.2) is 5.69 Å². The van der Waals surface area contributed by atoms with E-state index in [0.29, 0.717) is 17.9 Å². The normalized spacial score (nSPS) is 29.6. The van der Waals surface area contributed by atoms with E-state index in [1.54, 1.807) is 6.20 Å². The minimum absolute atomic E-state index is 0.241. The zero-order valence-corrected chi connectivity index (χ0v) is 14.8. The van der Waals surface area contributed by atoms with Crippen LogP contribution in [0.25, 0.3) is 0 Å². The second kappa shape index (κ2) is 7.03. The van der Waals surface area contributed by atoms with Gasteiger partial charge in [0.25, 0.3) is 0 Å². The molecule has 0 unspecified atom stereocenters. The van der Waals surface area contributed by atoms with Gasteiger partial charge in [0, 0.05) is 26.2 Å². The van der Waals surface area contributed by atoms with Crippen LogP contribution in [0.3, 0.4) is 0 Å². The summed E-state index contributed by atoms with van der Waals surface area (Å²) < 4.78 is 10.4. The Morgan fingerprint density at radius 1 is 1.17 bits per heavy atom. The minimum atomic E-state index is -0.457. The van der Waals surface area contributed by atoms with Crippen molar-refractivity contribution in [3.05, 3.63) is 18.1 Å². The molecule has 4 atom stereocenters. The van der Waals surface area contributed by atoms with Gasteiger partial charge in [-0.25, -0.2) is 14.8 Å². The lowest BCUT2D eigenvalue weighted by Gasteiger charge is -2.40. The highest BCUT2D eigenvalue weighted by molar-refractivity contribution is 5.86. The zero-order valence-electron chi connectivity index (χ0n) is 14.8. The van der Waals surface area contributed by atoms with Crippen LogP contribution in [-0.2, 0) is 9.47 Å². The molecule has 2 aliphatic rings. The van der Waals surface area contributed by atoms with E-state index in [1.165, 1.54) is 13.3 Å². The van der Waals surface area contributed by atoms with Gasteiger partial charge in [0.1, 0.15) is 5.82 Å². The number of anilines is 1. The summed E-state index contributed by atoms with van der Waals surface area (Å²) in [6.07, 6.45) is 5.66. The topological polar surface area (TPSA) is 67.8 Å². The number of hydrogen-bond donors (Lipinski definition) is 0. The number of nitrogens with zero attached hydrogens (tertiary/aromatic N) is 4. The van der Waals surface area contributed by atoms with Gasteiger partial charge in [-0.15, -0.1) is 0 Å². The number of carbonyl (C=O) groups excluding carboxylic acids is 1. The molecule has 0 bridgehead atoms. The Kier molecular flexibility index (Phi) is 5.01. The molecule has 2 heterocycles. The van der Waals surface area contributed by atoms with E-state index >= 15 is 0 Å². The Hall–Kier alpha value is -1.73. The van der Waals surface area contributed by atoms with Crippen LogP contribution < -0.4 is 4.90 Å². The zero-order chi connectivity index (χ0) is 17.3. The van der Waals surface area contributed by atoms with E-state index in [0.717, 1.165) is 31.7 Å². The van der Waals surface area contributed by atoms with Gasteiger partial charge in [-0.2, -0.15) is 0 Å². The molecule has 0 aromatic carbocycles. The van der Waals surface area contributed by atoms with Crippen molar-refractivity contribution in [1.29, 1.82) is 0 Å². The molecule has 2 fully saturated rings. The summed E-state index contributed by atoms with van der Waals surface area (Å²) in [6.45, 7) is 1.95. The molecule has 1 aromatic rings. The van der Waals surface area contributed by atoms with Crippen LogP contribution in [0, 0.1) is 11.8 Å². The van der Waals surface area contributed by atoms with E-state index in [-0.39, 0.29) is 11.8 Å². The molecular weight excluding hydrogens is 308 g/mol. The van der Waals surface area contributed by atoms with Crippen molar-refractivity contribution in [2.24, 2.45) is 11.8 Å². The van der Waals surface area contributed by atoms with E-state index in [2.05, 4.69) is 38.6 Å². The summed E-state index contributed by atoms with van der Waals surface area (Å²) in [7, 11) is 7.41. The molecule has 1 saturated carbocycles. The molecule has 1 aliphatic heterocycles. The largest absolute Gasteiger partial charge is 0.464 e. The molecule has 7 nitrogen and oxygen atoms in total. The maximum atomic E-state index is 11.5. The average molecular weight is 334 g/mol. The first kappa shape index (κ1) is 17.1. The molecule has 1 aromatic heterocycles. The van der Waals surface area contributed by atoms with Gasteiger partial charge in [-0.05, 0) is 38.8 Å². The standard InChI is InChI=1S/C17H26N4O3/c1-20(2)14-5-11-9-21(10-12(11)6-15(14)23-3)16-8-18-13(7-19-16)17(22)24-4/h7-8,11-12,14-15H,5-6,9-10H2,1-4H3/t11-,12+,14-,15-/m1/s1. The maximum Gasteiger partial charge on any atom is 0.358 e. The summed E-state index contributed by atoms with van der Waals surface area (Å²) >= 11 is 0. The van der Waals surface area contributed by atoms with Gasteiger partial charge in [0.2, 0.25) is 0 Å². The Labute approximate surface area is 143 Å². The quantitative estimate of drug-likeness (QED) is 0.763. The molecule has 3 rings (SSSR count). The summed E-state index contributed by atoms with van der Waals surface area (Å²) in [5.74, 6) is 1.63. The molecule has 0 radical (unpaired) electrons. The van der Waals surface area contributed by atoms with Gasteiger partial charge in [-0.3, -0.25) is 0 Å². The van der Waals surface area contributed by atoms with E-state index in [1.807, 2.05) is 7.11 Å². The first-order chi connectivity index (χ1) is 11.5. The van der Waals surface area contributed by atoms with Crippen LogP contribution in [0.5, 0.6) is 0 Å². The third kappa shape index (κ3) is 3.23. The van der Waals surface area contributed by atoms with Crippen molar-refractivity contribution in [3.63, 3.8) is 0 Å². The van der Waals surface area contributed by atoms with Gasteiger partial charge in [-0.1, -0.05) is 0 Å². The number of carbonyl (C=O) groups is 1. The smallest absolute Gasteiger partial charge is 0.358 e. The van der Waals surface area contributed by atoms with Gasteiger partial charge < -0.3 is 19.3 Å². The van der Waals surface area contributed by atoms with Crippen LogP contribution in [-0.4, -0.2) is 74.4 Å². The predicted octanol–water partition coefficient (Wildman–Crippen LogP) is 1.05. The third-order valence-corrected chi connectivity index (χ3v) is 5.41. The molecule has 0 spiro atoms. The molecule has 132 valence electrons. The molecule has 0 N–H and O–H groups in total. The summed E-state index contributed by atoms with van der Waals surface area (Å²) in [5.41, 5.74) is 0.241. The van der Waals surface area contributed by atoms with Crippen molar-refractivity contribution < 1.29 is 14.3 Å². The number of esters is 1. The van der Waals surface area contributed by atoms with Crippen LogP contribution in [0.4, 0.5) is 5.82 Å². The molecular formula is C17H26N4O3. The fraction of sp³-hybridized carbons (Fsp3) is 0.706. The van der Waals surface area contributed by atoms with Crippen molar-refractivity contribution in [3.8, 4) is 0 Å². The van der Waals surface area contributed by atoms with Crippen molar-refractivity contribution in [2.75, 3.05) is 46.3 Å². The molecule has 7 heteroatoms. The lowest BCUT2D eigenvalue weighted by atomic mass is 9.77. The molecule has 24 heavy (non-hydrogen) atoms. The number of aromatic nitrogens is 2. The van der Waals surface area contributed by atoms with E-state index in [4.69, 9.17) is 4.74 Å². The lowest BCUT2D eigenvalue weighted by molar-refractivity contribution is -0.0209. The Balaban J connectivity index is 1.70. The fourth-order valence-corrected chi connectivity index (χ4v) is 4.07. The predicted molar refractivity (Wildman–Crippen MR) is 90.1 cm³/mol. The van der Waals surface area contributed by atoms with Crippen molar-refractivity contribution in [2.45, 2.75) is 25.0 Å². The summed E-state index contributed by atoms with van der Waals surface area (Å²) in [5, 5.41) is 0. The Morgan fingerprint density at radius 2 is 1.88 bits per heavy atom. The number of rotatable bonds is 4. The number of fused-ring (bicyclic) bond motifs is 1. The van der Waals surface area contributed by atoms with Crippen LogP contribution in [0.15, 0.2) is 12.4 Å². The van der Waals surface area contributed by atoms with Gasteiger partial charge in [0.05, 0.1) is 25.6 Å². The van der Waals surface area contributed by atoms with Gasteiger partial charge >= 0.3 is 5.97 Å². The second-order valence-corrected chi connectivity index (χ2v) is 6.95. The van der Waals surface area contributed by atoms with Crippen molar-refractivity contribution >= 4 is 11.8 Å². The second-order valence-electron chi connectivity index (χ2n) is 6.95. The number of hydrogen-bond acceptors (Lipinski definition) is 7. The highest BCUT2D eigenvalue weighted by atomic mass is 16.5. The molecule has 1 saturated heterocycles. The first-order valence-corrected chi connectivity index (χ1v) is 8.38. The SMILES string of the molecule is COC(=O)c1cnc(N2C[C@H]3C[C@@H](N(C)C)[C@H](OC)C[C@H]3C2)cn1. The number of likely N-dealkylation sites (N-methyl/N-ethyl adjacent to an activating group) is 1. The van der Waals surface area contributed by atoms with Crippen LogP contribution >= 0.6 is 0 Å². The lowest BCUT2D eigenvalue weighted by Crippen LogP contribution is -2.47. The van der Waals surface area contributed by atoms with E-state index in [9.17, 15) is 4.79 Å². The summed E-state index contributed by atoms with van der Waals surface area (Å²) in [6, 6.07) is 0.462. The fourth-order valence-electron chi connectivity index (χ4n) is 4.07. The van der Waals surface area contributed by atoms with E-state index < -0.39 is 5.97 Å². The number of ether oxygens (including phenoxy) is 2. The van der Waals surface area contributed by atoms with Crippen LogP contribution in [0.1, 0.15) is 23.3 Å². The Bertz CT molecular complexity index is 578. The highest BCUT2D eigenvalue weighted by Gasteiger charge is 2.43. The van der Waals surface area contributed by atoms with Crippen LogP contribution in [0.2, 0.25) is 0 Å². The monoisotopic (exact) mass is 334 g/mol. The molecule has 0 amide bonds. The first-order valence-electron chi connectivity index (χ1n) is 8.38. The minimum Gasteiger partial charge on any atom is -0.464 e. The maximum absolute atomic E-state index is 11.5.